The minimum absolute atomic E-state index is 0.491. The van der Waals surface area contributed by atoms with Gasteiger partial charge in [-0.3, -0.25) is 0 Å². The van der Waals surface area contributed by atoms with Crippen LogP contribution in [-0.4, -0.2) is 36.4 Å². The highest BCUT2D eigenvalue weighted by molar-refractivity contribution is 4.98. The molecular weight excluding hydrogens is 328 g/mol. The van der Waals surface area contributed by atoms with E-state index in [0.717, 1.165) is 12.8 Å². The lowest BCUT2D eigenvalue weighted by atomic mass is 9.86. The van der Waals surface area contributed by atoms with Gasteiger partial charge in [0.1, 0.15) is 0 Å². The van der Waals surface area contributed by atoms with Crippen LogP contribution >= 0.6 is 0 Å². The third kappa shape index (κ3) is 4.60. The first-order chi connectivity index (χ1) is 12.2. The molecule has 13 heteroatoms. The maximum Gasteiger partial charge on any atom is 0.0748 e. The van der Waals surface area contributed by atoms with Gasteiger partial charge >= 0.3 is 0 Å². The Labute approximate surface area is 142 Å². The molecule has 4 unspecified atom stereocenters. The van der Waals surface area contributed by atoms with E-state index in [2.05, 4.69) is 40.1 Å². The summed E-state index contributed by atoms with van der Waals surface area (Å²) in [4.78, 5) is 11.4. The summed E-state index contributed by atoms with van der Waals surface area (Å²) in [6.45, 7) is 0. The van der Waals surface area contributed by atoms with Crippen molar-refractivity contribution in [1.29, 1.82) is 0 Å². The predicted molar refractivity (Wildman–Crippen MR) is 88.1 cm³/mol. The van der Waals surface area contributed by atoms with E-state index >= 15 is 0 Å². The summed E-state index contributed by atoms with van der Waals surface area (Å²) in [5.41, 5.74) is 35.2. The van der Waals surface area contributed by atoms with Gasteiger partial charge in [-0.15, -0.1) is 0 Å². The Balaban J connectivity index is 2.32. The van der Waals surface area contributed by atoms with Crippen molar-refractivity contribution in [1.82, 2.24) is 0 Å². The van der Waals surface area contributed by atoms with E-state index in [9.17, 15) is 0 Å². The van der Waals surface area contributed by atoms with Crippen LogP contribution in [0.4, 0.5) is 0 Å². The summed E-state index contributed by atoms with van der Waals surface area (Å²) in [5, 5.41) is 15.1. The van der Waals surface area contributed by atoms with Crippen LogP contribution in [0.25, 0.3) is 41.8 Å². The third-order valence-corrected chi connectivity index (χ3v) is 4.63. The molecule has 0 heterocycles. The summed E-state index contributed by atoms with van der Waals surface area (Å²) < 4.78 is 6.13. The van der Waals surface area contributed by atoms with Gasteiger partial charge in [0.15, 0.2) is 0 Å². The zero-order valence-electron chi connectivity index (χ0n) is 13.5. The molecule has 0 bridgehead atoms. The molecule has 0 aromatic heterocycles. The highest BCUT2D eigenvalue weighted by Gasteiger charge is 2.40. The van der Waals surface area contributed by atoms with Crippen LogP contribution in [0.5, 0.6) is 0 Å². The summed E-state index contributed by atoms with van der Waals surface area (Å²) in [5.74, 6) is 0. The lowest BCUT2D eigenvalue weighted by Crippen LogP contribution is -2.50. The summed E-state index contributed by atoms with van der Waals surface area (Å²) >= 11 is 0. The van der Waals surface area contributed by atoms with Crippen molar-refractivity contribution in [2.24, 2.45) is 20.5 Å². The molecular formula is C12H18N12O. The second kappa shape index (κ2) is 9.48. The molecule has 13 nitrogen and oxygen atoms in total. The van der Waals surface area contributed by atoms with Gasteiger partial charge < -0.3 is 4.74 Å². The molecule has 2 aliphatic rings. The van der Waals surface area contributed by atoms with Crippen molar-refractivity contribution in [2.75, 3.05) is 0 Å². The number of hydrogen-bond acceptors (Lipinski definition) is 5. The maximum atomic E-state index is 8.80. The molecule has 2 aliphatic carbocycles. The second-order valence-corrected chi connectivity index (χ2v) is 6.02. The molecule has 2 rings (SSSR count). The fourth-order valence-electron chi connectivity index (χ4n) is 3.55. The van der Waals surface area contributed by atoms with Crippen LogP contribution in [0.15, 0.2) is 20.5 Å². The SMILES string of the molecule is [N-]=[N+]=NC1CCCC(N=[N+]=[N-])C1OC1C(N=[N+]=[N-])CCCC1N=[N+]=[N-]. The van der Waals surface area contributed by atoms with Gasteiger partial charge in [0, 0.05) is 19.6 Å². The molecule has 0 radical (unpaired) electrons. The van der Waals surface area contributed by atoms with Crippen LogP contribution < -0.4 is 0 Å². The lowest BCUT2D eigenvalue weighted by Gasteiger charge is -2.41. The van der Waals surface area contributed by atoms with E-state index in [1.807, 2.05) is 0 Å². The smallest absolute Gasteiger partial charge is 0.0748 e. The Morgan fingerprint density at radius 3 is 1.08 bits per heavy atom. The molecule has 0 aliphatic heterocycles. The van der Waals surface area contributed by atoms with Crippen LogP contribution in [0.2, 0.25) is 0 Å². The van der Waals surface area contributed by atoms with Crippen LogP contribution in [-0.2, 0) is 4.74 Å². The molecule has 4 atom stereocenters. The zero-order chi connectivity index (χ0) is 18.1. The molecule has 0 aromatic rings. The van der Waals surface area contributed by atoms with Gasteiger partial charge in [0.25, 0.3) is 0 Å². The Morgan fingerprint density at radius 1 is 0.560 bits per heavy atom. The summed E-state index contributed by atoms with van der Waals surface area (Å²) in [6, 6.07) is -1.96. The van der Waals surface area contributed by atoms with E-state index < -0.39 is 36.4 Å². The number of ether oxygens (including phenoxy) is 1. The first kappa shape index (κ1) is 18.5. The third-order valence-electron chi connectivity index (χ3n) is 4.63. The number of nitrogens with zero attached hydrogens (tertiary/aromatic N) is 12. The Morgan fingerprint density at radius 2 is 0.840 bits per heavy atom. The van der Waals surface area contributed by atoms with Crippen LogP contribution in [0, 0.1) is 0 Å². The van der Waals surface area contributed by atoms with Gasteiger partial charge in [-0.05, 0) is 47.8 Å². The maximum absolute atomic E-state index is 8.80. The number of hydrogen-bond donors (Lipinski definition) is 0. The molecule has 0 aromatic carbocycles. The van der Waals surface area contributed by atoms with Crippen LogP contribution in [0.1, 0.15) is 38.5 Å². The largest absolute Gasteiger partial charge is 0.373 e. The van der Waals surface area contributed by atoms with Gasteiger partial charge in [0.05, 0.1) is 36.4 Å². The minimum Gasteiger partial charge on any atom is -0.373 e. The van der Waals surface area contributed by atoms with Crippen molar-refractivity contribution in [3.63, 3.8) is 0 Å². The molecule has 0 N–H and O–H groups in total. The van der Waals surface area contributed by atoms with Crippen molar-refractivity contribution in [2.45, 2.75) is 74.9 Å². The topological polar surface area (TPSA) is 204 Å². The first-order valence-electron chi connectivity index (χ1n) is 8.07. The minimum atomic E-state index is -0.642. The first-order valence-corrected chi connectivity index (χ1v) is 8.07. The van der Waals surface area contributed by atoms with E-state index in [1.165, 1.54) is 0 Å². The predicted octanol–water partition coefficient (Wildman–Crippen LogP) is 4.82. The average molecular weight is 346 g/mol. The van der Waals surface area contributed by atoms with E-state index in [0.29, 0.717) is 25.7 Å². The summed E-state index contributed by atoms with van der Waals surface area (Å²) in [6.07, 6.45) is 2.64. The molecule has 25 heavy (non-hydrogen) atoms. The number of rotatable bonds is 6. The van der Waals surface area contributed by atoms with Crippen molar-refractivity contribution in [3.05, 3.63) is 41.8 Å². The molecule has 2 fully saturated rings. The molecule has 2 saturated carbocycles. The zero-order valence-corrected chi connectivity index (χ0v) is 13.5. The monoisotopic (exact) mass is 346 g/mol. The Kier molecular flexibility index (Phi) is 7.03. The van der Waals surface area contributed by atoms with Gasteiger partial charge in [0.2, 0.25) is 0 Å². The average Bonchev–Trinajstić information content (AvgIpc) is 2.61. The van der Waals surface area contributed by atoms with Crippen LogP contribution in [0.3, 0.4) is 0 Å². The standard InChI is InChI=1S/C12H18N12O/c13-21-17-7-3-1-4-8(18-22-14)11(7)25-12-9(19-23-15)5-2-6-10(12)20-24-16/h7-12H,1-6H2. The fourth-order valence-corrected chi connectivity index (χ4v) is 3.55. The highest BCUT2D eigenvalue weighted by Crippen LogP contribution is 2.33. The van der Waals surface area contributed by atoms with Crippen molar-refractivity contribution < 1.29 is 4.74 Å². The second-order valence-electron chi connectivity index (χ2n) is 6.02. The normalized spacial score (nSPS) is 34.4. The Bertz CT molecular complexity index is 547. The number of azide groups is 4. The summed E-state index contributed by atoms with van der Waals surface area (Å²) in [7, 11) is 0. The van der Waals surface area contributed by atoms with E-state index in [1.54, 1.807) is 0 Å². The Hall–Kier alpha value is -2.80. The lowest BCUT2D eigenvalue weighted by molar-refractivity contribution is -0.0779. The fraction of sp³-hybridized carbons (Fsp3) is 1.00. The van der Waals surface area contributed by atoms with E-state index in [4.69, 9.17) is 26.9 Å². The molecule has 0 spiro atoms. The van der Waals surface area contributed by atoms with Gasteiger partial charge in [-0.2, -0.15) is 0 Å². The molecule has 132 valence electrons. The highest BCUT2D eigenvalue weighted by atomic mass is 16.5. The quantitative estimate of drug-likeness (QED) is 0.370. The van der Waals surface area contributed by atoms with Gasteiger partial charge in [-0.25, -0.2) is 0 Å². The van der Waals surface area contributed by atoms with Crippen molar-refractivity contribution in [3.8, 4) is 0 Å². The molecule has 0 amide bonds. The molecule has 0 saturated heterocycles. The van der Waals surface area contributed by atoms with Crippen molar-refractivity contribution >= 4 is 0 Å². The van der Waals surface area contributed by atoms with E-state index in [-0.39, 0.29) is 0 Å². The van der Waals surface area contributed by atoms with Gasteiger partial charge in [-0.1, -0.05) is 33.3 Å².